The van der Waals surface area contributed by atoms with E-state index in [4.69, 9.17) is 0 Å². The lowest BCUT2D eigenvalue weighted by atomic mass is 10.4. The second kappa shape index (κ2) is 1.94. The summed E-state index contributed by atoms with van der Waals surface area (Å²) in [4.78, 5) is 15.0. The lowest BCUT2D eigenvalue weighted by Gasteiger charge is -1.94. The molecule has 0 bridgehead atoms. The van der Waals surface area contributed by atoms with Gasteiger partial charge in [-0.05, 0) is 12.8 Å². The van der Waals surface area contributed by atoms with Crippen LogP contribution in [0.25, 0.3) is 0 Å². The number of hydrogen-bond acceptors (Lipinski definition) is 2. The summed E-state index contributed by atoms with van der Waals surface area (Å²) in [6.07, 6.45) is 6.98. The molecule has 0 radical (unpaired) electrons. The summed E-state index contributed by atoms with van der Waals surface area (Å²) in [6, 6.07) is 0. The van der Waals surface area contributed by atoms with Gasteiger partial charge in [0.25, 0.3) is 0 Å². The first-order chi connectivity index (χ1) is 4.88. The van der Waals surface area contributed by atoms with Crippen molar-refractivity contribution in [2.45, 2.75) is 12.8 Å². The lowest BCUT2D eigenvalue weighted by Crippen LogP contribution is -2.09. The van der Waals surface area contributed by atoms with E-state index in [2.05, 4.69) is 4.98 Å². The van der Waals surface area contributed by atoms with Crippen LogP contribution in [-0.4, -0.2) is 15.5 Å². The molecule has 52 valence electrons. The standard InChI is InChI=1S/C7H8N2O/c10-7(6-1-2-6)9-4-3-8-5-9/h3-6H,1-2H2. The average molecular weight is 136 g/mol. The molecule has 1 aromatic rings. The van der Waals surface area contributed by atoms with Gasteiger partial charge in [-0.3, -0.25) is 9.36 Å². The molecular weight excluding hydrogens is 128 g/mol. The smallest absolute Gasteiger partial charge is 0.234 e. The van der Waals surface area contributed by atoms with Crippen LogP contribution in [0.3, 0.4) is 0 Å². The zero-order valence-corrected chi connectivity index (χ0v) is 5.53. The number of rotatable bonds is 1. The number of imidazole rings is 1. The van der Waals surface area contributed by atoms with E-state index in [1.165, 1.54) is 0 Å². The highest BCUT2D eigenvalue weighted by Crippen LogP contribution is 2.30. The molecule has 3 nitrogen and oxygen atoms in total. The minimum atomic E-state index is 0.192. The molecule has 1 fully saturated rings. The zero-order chi connectivity index (χ0) is 6.97. The molecule has 0 spiro atoms. The monoisotopic (exact) mass is 136 g/mol. The highest BCUT2D eigenvalue weighted by atomic mass is 16.2. The third kappa shape index (κ3) is 0.835. The van der Waals surface area contributed by atoms with Crippen molar-refractivity contribution in [3.8, 4) is 0 Å². The van der Waals surface area contributed by atoms with Crippen LogP contribution in [-0.2, 0) is 0 Å². The fourth-order valence-electron chi connectivity index (χ4n) is 0.931. The maximum atomic E-state index is 11.2. The van der Waals surface area contributed by atoms with Gasteiger partial charge in [0.2, 0.25) is 5.91 Å². The van der Waals surface area contributed by atoms with Gasteiger partial charge in [0.1, 0.15) is 6.33 Å². The fourth-order valence-corrected chi connectivity index (χ4v) is 0.931. The van der Waals surface area contributed by atoms with Crippen LogP contribution in [0.5, 0.6) is 0 Å². The van der Waals surface area contributed by atoms with Crippen LogP contribution in [0.4, 0.5) is 0 Å². The molecule has 0 aliphatic heterocycles. The Labute approximate surface area is 58.7 Å². The molecule has 2 rings (SSSR count). The van der Waals surface area contributed by atoms with Gasteiger partial charge in [0, 0.05) is 18.3 Å². The van der Waals surface area contributed by atoms with E-state index in [0.717, 1.165) is 12.8 Å². The second-order valence-electron chi connectivity index (χ2n) is 2.58. The summed E-state index contributed by atoms with van der Waals surface area (Å²) in [7, 11) is 0. The number of aromatic nitrogens is 2. The van der Waals surface area contributed by atoms with Crippen LogP contribution in [0, 0.1) is 5.92 Å². The highest BCUT2D eigenvalue weighted by Gasteiger charge is 2.30. The summed E-state index contributed by atoms with van der Waals surface area (Å²) in [5, 5.41) is 0. The van der Waals surface area contributed by atoms with E-state index in [0.29, 0.717) is 0 Å². The van der Waals surface area contributed by atoms with Crippen molar-refractivity contribution in [1.29, 1.82) is 0 Å². The van der Waals surface area contributed by atoms with E-state index >= 15 is 0 Å². The highest BCUT2D eigenvalue weighted by molar-refractivity contribution is 5.83. The molecule has 0 amide bonds. The Kier molecular flexibility index (Phi) is 1.09. The van der Waals surface area contributed by atoms with Gasteiger partial charge in [0.15, 0.2) is 0 Å². The molecule has 0 N–H and O–H groups in total. The Morgan fingerprint density at radius 3 is 2.90 bits per heavy atom. The van der Waals surface area contributed by atoms with Crippen molar-refractivity contribution in [2.24, 2.45) is 5.92 Å². The Hall–Kier alpha value is -1.12. The number of nitrogens with zero attached hydrogens (tertiary/aromatic N) is 2. The van der Waals surface area contributed by atoms with Crippen molar-refractivity contribution in [1.82, 2.24) is 9.55 Å². The van der Waals surface area contributed by atoms with Gasteiger partial charge in [-0.2, -0.15) is 0 Å². The van der Waals surface area contributed by atoms with E-state index in [-0.39, 0.29) is 11.8 Å². The van der Waals surface area contributed by atoms with Crippen molar-refractivity contribution >= 4 is 5.91 Å². The van der Waals surface area contributed by atoms with Gasteiger partial charge < -0.3 is 0 Å². The largest absolute Gasteiger partial charge is 0.276 e. The molecule has 1 heterocycles. The minimum absolute atomic E-state index is 0.192. The molecule has 0 atom stereocenters. The van der Waals surface area contributed by atoms with Gasteiger partial charge >= 0.3 is 0 Å². The van der Waals surface area contributed by atoms with Gasteiger partial charge in [-0.15, -0.1) is 0 Å². The normalized spacial score (nSPS) is 17.2. The molecule has 3 heteroatoms. The quantitative estimate of drug-likeness (QED) is 0.575. The Morgan fingerprint density at radius 2 is 2.40 bits per heavy atom. The summed E-state index contributed by atoms with van der Waals surface area (Å²) in [6.45, 7) is 0. The SMILES string of the molecule is O=C(C1CC1)n1ccnc1. The average Bonchev–Trinajstić information content (AvgIpc) is 2.65. The molecule has 1 saturated carbocycles. The first-order valence-electron chi connectivity index (χ1n) is 3.40. The Balaban J connectivity index is 2.19. The van der Waals surface area contributed by atoms with E-state index < -0.39 is 0 Å². The predicted octanol–water partition coefficient (Wildman–Crippen LogP) is 0.933. The van der Waals surface area contributed by atoms with Gasteiger partial charge in [-0.1, -0.05) is 0 Å². The summed E-state index contributed by atoms with van der Waals surface area (Å²) < 4.78 is 1.55. The first kappa shape index (κ1) is 5.65. The van der Waals surface area contributed by atoms with E-state index in [9.17, 15) is 4.79 Å². The Morgan fingerprint density at radius 1 is 1.60 bits per heavy atom. The molecular formula is C7H8N2O. The zero-order valence-electron chi connectivity index (χ0n) is 5.53. The van der Waals surface area contributed by atoms with E-state index in [1.807, 2.05) is 0 Å². The molecule has 1 aliphatic rings. The number of carbonyl (C=O) groups excluding carboxylic acids is 1. The molecule has 10 heavy (non-hydrogen) atoms. The second-order valence-corrected chi connectivity index (χ2v) is 2.58. The first-order valence-corrected chi connectivity index (χ1v) is 3.40. The topological polar surface area (TPSA) is 34.9 Å². The summed E-state index contributed by atoms with van der Waals surface area (Å²) in [5.41, 5.74) is 0. The lowest BCUT2D eigenvalue weighted by molar-refractivity contribution is 0.0886. The van der Waals surface area contributed by atoms with Crippen molar-refractivity contribution in [3.63, 3.8) is 0 Å². The summed E-state index contributed by atoms with van der Waals surface area (Å²) in [5.74, 6) is 0.478. The maximum Gasteiger partial charge on any atom is 0.234 e. The van der Waals surface area contributed by atoms with Gasteiger partial charge in [0.05, 0.1) is 0 Å². The Bertz CT molecular complexity index is 236. The predicted molar refractivity (Wildman–Crippen MR) is 35.6 cm³/mol. The summed E-state index contributed by atoms with van der Waals surface area (Å²) >= 11 is 0. The third-order valence-corrected chi connectivity index (χ3v) is 1.69. The third-order valence-electron chi connectivity index (χ3n) is 1.69. The van der Waals surface area contributed by atoms with Crippen LogP contribution in [0.1, 0.15) is 17.6 Å². The van der Waals surface area contributed by atoms with Crippen molar-refractivity contribution in [2.75, 3.05) is 0 Å². The minimum Gasteiger partial charge on any atom is -0.276 e. The molecule has 0 aromatic carbocycles. The van der Waals surface area contributed by atoms with Crippen LogP contribution in [0.2, 0.25) is 0 Å². The van der Waals surface area contributed by atoms with Crippen LogP contribution in [0.15, 0.2) is 18.7 Å². The van der Waals surface area contributed by atoms with Crippen LogP contribution >= 0.6 is 0 Å². The van der Waals surface area contributed by atoms with E-state index in [1.54, 1.807) is 23.3 Å². The molecule has 0 unspecified atom stereocenters. The van der Waals surface area contributed by atoms with Crippen molar-refractivity contribution in [3.05, 3.63) is 18.7 Å². The fraction of sp³-hybridized carbons (Fsp3) is 0.429. The van der Waals surface area contributed by atoms with Gasteiger partial charge in [-0.25, -0.2) is 4.98 Å². The number of carbonyl (C=O) groups is 1. The van der Waals surface area contributed by atoms with Crippen molar-refractivity contribution < 1.29 is 4.79 Å². The maximum absolute atomic E-state index is 11.2. The molecule has 1 aliphatic carbocycles. The number of hydrogen-bond donors (Lipinski definition) is 0. The molecule has 0 saturated heterocycles. The molecule has 1 aromatic heterocycles. The van der Waals surface area contributed by atoms with Crippen LogP contribution < -0.4 is 0 Å².